The minimum atomic E-state index is 0.162. The van der Waals surface area contributed by atoms with E-state index in [0.29, 0.717) is 24.6 Å². The van der Waals surface area contributed by atoms with E-state index >= 15 is 0 Å². The van der Waals surface area contributed by atoms with Gasteiger partial charge >= 0.3 is 0 Å². The Labute approximate surface area is 126 Å². The second-order valence-electron chi connectivity index (χ2n) is 5.39. The van der Waals surface area contributed by atoms with Gasteiger partial charge in [0.05, 0.1) is 18.2 Å². The first-order chi connectivity index (χ1) is 10.1. The average molecular weight is 285 g/mol. The fraction of sp³-hybridized carbons (Fsp3) is 0.412. The molecule has 0 saturated carbocycles. The van der Waals surface area contributed by atoms with Crippen LogP contribution >= 0.6 is 0 Å². The molecule has 0 saturated heterocycles. The van der Waals surface area contributed by atoms with Gasteiger partial charge in [-0.2, -0.15) is 5.10 Å². The number of rotatable bonds is 7. The first-order valence-corrected chi connectivity index (χ1v) is 7.52. The van der Waals surface area contributed by atoms with Gasteiger partial charge in [-0.1, -0.05) is 26.0 Å². The Morgan fingerprint density at radius 2 is 2.00 bits per heavy atom. The van der Waals surface area contributed by atoms with Crippen LogP contribution in [-0.4, -0.2) is 15.6 Å². The molecule has 0 unspecified atom stereocenters. The standard InChI is InChI=1S/C17H23N3O/c1-3-16(4-2)20-9-8-15(19-20)12-17(21)11-13-6-5-7-14(18)10-13/h5-10,16H,3-4,11-12,18H2,1-2H3. The average Bonchev–Trinajstić information content (AvgIpc) is 2.88. The Morgan fingerprint density at radius 3 is 2.67 bits per heavy atom. The summed E-state index contributed by atoms with van der Waals surface area (Å²) in [6.45, 7) is 4.31. The first-order valence-electron chi connectivity index (χ1n) is 7.52. The van der Waals surface area contributed by atoms with Crippen LogP contribution < -0.4 is 5.73 Å². The van der Waals surface area contributed by atoms with Crippen molar-refractivity contribution in [3.8, 4) is 0 Å². The highest BCUT2D eigenvalue weighted by Crippen LogP contribution is 2.15. The number of carbonyl (C=O) groups is 1. The van der Waals surface area contributed by atoms with Crippen LogP contribution in [0.15, 0.2) is 36.5 Å². The van der Waals surface area contributed by atoms with E-state index in [0.717, 1.165) is 24.1 Å². The number of nitrogens with zero attached hydrogens (tertiary/aromatic N) is 2. The zero-order valence-electron chi connectivity index (χ0n) is 12.7. The van der Waals surface area contributed by atoms with Gasteiger partial charge in [0.15, 0.2) is 0 Å². The van der Waals surface area contributed by atoms with Gasteiger partial charge in [-0.3, -0.25) is 9.48 Å². The Balaban J connectivity index is 1.97. The number of nitrogens with two attached hydrogens (primary N) is 1. The molecule has 21 heavy (non-hydrogen) atoms. The van der Waals surface area contributed by atoms with E-state index in [9.17, 15) is 4.79 Å². The number of aromatic nitrogens is 2. The van der Waals surface area contributed by atoms with E-state index in [1.165, 1.54) is 0 Å². The topological polar surface area (TPSA) is 60.9 Å². The lowest BCUT2D eigenvalue weighted by Gasteiger charge is -2.12. The summed E-state index contributed by atoms with van der Waals surface area (Å²) in [6, 6.07) is 9.83. The van der Waals surface area contributed by atoms with Crippen molar-refractivity contribution < 1.29 is 4.79 Å². The molecule has 0 spiro atoms. The molecular formula is C17H23N3O. The number of Topliss-reactive ketones (excluding diaryl/α,β-unsaturated/α-hetero) is 1. The smallest absolute Gasteiger partial charge is 0.143 e. The molecule has 0 bridgehead atoms. The van der Waals surface area contributed by atoms with Crippen molar-refractivity contribution in [3.63, 3.8) is 0 Å². The Morgan fingerprint density at radius 1 is 1.24 bits per heavy atom. The second-order valence-corrected chi connectivity index (χ2v) is 5.39. The molecule has 2 rings (SSSR count). The summed E-state index contributed by atoms with van der Waals surface area (Å²) < 4.78 is 1.98. The summed E-state index contributed by atoms with van der Waals surface area (Å²) in [5, 5.41) is 4.52. The number of hydrogen-bond acceptors (Lipinski definition) is 3. The van der Waals surface area contributed by atoms with Crippen molar-refractivity contribution in [2.75, 3.05) is 5.73 Å². The molecule has 0 aliphatic rings. The van der Waals surface area contributed by atoms with Crippen molar-refractivity contribution in [2.45, 2.75) is 45.6 Å². The molecular weight excluding hydrogens is 262 g/mol. The summed E-state index contributed by atoms with van der Waals surface area (Å²) in [7, 11) is 0. The fourth-order valence-corrected chi connectivity index (χ4v) is 2.53. The van der Waals surface area contributed by atoms with Crippen molar-refractivity contribution in [1.82, 2.24) is 9.78 Å². The number of nitrogen functional groups attached to an aromatic ring is 1. The molecule has 2 aromatic rings. The molecule has 0 radical (unpaired) electrons. The maximum Gasteiger partial charge on any atom is 0.143 e. The van der Waals surface area contributed by atoms with Gasteiger partial charge in [0, 0.05) is 18.3 Å². The summed E-state index contributed by atoms with van der Waals surface area (Å²) in [5.74, 6) is 0.162. The third-order valence-electron chi connectivity index (χ3n) is 3.71. The molecule has 112 valence electrons. The van der Waals surface area contributed by atoms with Gasteiger partial charge in [-0.05, 0) is 36.6 Å². The summed E-state index contributed by atoms with van der Waals surface area (Å²) in [6.07, 6.45) is 4.86. The molecule has 0 fully saturated rings. The summed E-state index contributed by atoms with van der Waals surface area (Å²) >= 11 is 0. The van der Waals surface area contributed by atoms with Crippen molar-refractivity contribution in [2.24, 2.45) is 0 Å². The molecule has 1 heterocycles. The molecule has 0 amide bonds. The first kappa shape index (κ1) is 15.3. The van der Waals surface area contributed by atoms with Crippen molar-refractivity contribution in [3.05, 3.63) is 47.8 Å². The summed E-state index contributed by atoms with van der Waals surface area (Å²) in [4.78, 5) is 12.1. The van der Waals surface area contributed by atoms with Gasteiger partial charge in [0.2, 0.25) is 0 Å². The fourth-order valence-electron chi connectivity index (χ4n) is 2.53. The zero-order chi connectivity index (χ0) is 15.2. The Hall–Kier alpha value is -2.10. The van der Waals surface area contributed by atoms with Crippen LogP contribution in [-0.2, 0) is 17.6 Å². The van der Waals surface area contributed by atoms with E-state index in [1.54, 1.807) is 0 Å². The van der Waals surface area contributed by atoms with E-state index < -0.39 is 0 Å². The number of carbonyl (C=O) groups excluding carboxylic acids is 1. The third-order valence-corrected chi connectivity index (χ3v) is 3.71. The second kappa shape index (κ2) is 7.07. The van der Waals surface area contributed by atoms with Crippen molar-refractivity contribution in [1.29, 1.82) is 0 Å². The van der Waals surface area contributed by atoms with Crippen LogP contribution in [0.4, 0.5) is 5.69 Å². The van der Waals surface area contributed by atoms with Crippen LogP contribution in [0.3, 0.4) is 0 Å². The molecule has 1 aromatic carbocycles. The number of hydrogen-bond donors (Lipinski definition) is 1. The molecule has 0 atom stereocenters. The highest BCUT2D eigenvalue weighted by molar-refractivity contribution is 5.82. The lowest BCUT2D eigenvalue weighted by atomic mass is 10.1. The van der Waals surface area contributed by atoms with Crippen LogP contribution in [0.5, 0.6) is 0 Å². The van der Waals surface area contributed by atoms with Crippen molar-refractivity contribution >= 4 is 11.5 Å². The number of benzene rings is 1. The van der Waals surface area contributed by atoms with Gasteiger partial charge < -0.3 is 5.73 Å². The highest BCUT2D eigenvalue weighted by Gasteiger charge is 2.11. The maximum absolute atomic E-state index is 12.1. The van der Waals surface area contributed by atoms with Crippen LogP contribution in [0, 0.1) is 0 Å². The third kappa shape index (κ3) is 4.18. The molecule has 0 aliphatic heterocycles. The van der Waals surface area contributed by atoms with Crippen LogP contribution in [0.1, 0.15) is 44.0 Å². The number of ketones is 1. The van der Waals surface area contributed by atoms with Gasteiger partial charge in [-0.15, -0.1) is 0 Å². The molecule has 4 heteroatoms. The lowest BCUT2D eigenvalue weighted by molar-refractivity contribution is -0.117. The van der Waals surface area contributed by atoms with E-state index in [-0.39, 0.29) is 5.78 Å². The SMILES string of the molecule is CCC(CC)n1ccc(CC(=O)Cc2cccc(N)c2)n1. The maximum atomic E-state index is 12.1. The molecule has 1 aromatic heterocycles. The lowest BCUT2D eigenvalue weighted by Crippen LogP contribution is -2.10. The zero-order valence-corrected chi connectivity index (χ0v) is 12.7. The Kier molecular flexibility index (Phi) is 5.14. The van der Waals surface area contributed by atoms with Crippen LogP contribution in [0.2, 0.25) is 0 Å². The largest absolute Gasteiger partial charge is 0.399 e. The minimum Gasteiger partial charge on any atom is -0.399 e. The van der Waals surface area contributed by atoms with E-state index in [4.69, 9.17) is 5.73 Å². The monoisotopic (exact) mass is 285 g/mol. The van der Waals surface area contributed by atoms with Gasteiger partial charge in [-0.25, -0.2) is 0 Å². The number of anilines is 1. The molecule has 0 aliphatic carbocycles. The predicted octanol–water partition coefficient (Wildman–Crippen LogP) is 3.18. The molecule has 2 N–H and O–H groups in total. The van der Waals surface area contributed by atoms with E-state index in [1.807, 2.05) is 41.2 Å². The van der Waals surface area contributed by atoms with E-state index in [2.05, 4.69) is 18.9 Å². The summed E-state index contributed by atoms with van der Waals surface area (Å²) in [5.41, 5.74) is 8.22. The quantitative estimate of drug-likeness (QED) is 0.795. The van der Waals surface area contributed by atoms with Gasteiger partial charge in [0.25, 0.3) is 0 Å². The highest BCUT2D eigenvalue weighted by atomic mass is 16.1. The van der Waals surface area contributed by atoms with Crippen LogP contribution in [0.25, 0.3) is 0 Å². The normalized spacial score (nSPS) is 11.0. The minimum absolute atomic E-state index is 0.162. The predicted molar refractivity (Wildman–Crippen MR) is 85.1 cm³/mol. The van der Waals surface area contributed by atoms with Gasteiger partial charge in [0.1, 0.15) is 5.78 Å². The molecule has 4 nitrogen and oxygen atoms in total. The Bertz CT molecular complexity index is 600.